The fourth-order valence-electron chi connectivity index (χ4n) is 2.59. The third kappa shape index (κ3) is 4.95. The molecule has 2 amide bonds. The van der Waals surface area contributed by atoms with Gasteiger partial charge in [-0.05, 0) is 32.1 Å². The van der Waals surface area contributed by atoms with E-state index in [0.717, 1.165) is 0 Å². The maximum Gasteiger partial charge on any atom is 0.342 e. The van der Waals surface area contributed by atoms with Crippen LogP contribution < -0.4 is 20.5 Å². The quantitative estimate of drug-likeness (QED) is 0.512. The Hall–Kier alpha value is -3.75. The topological polar surface area (TPSA) is 130 Å². The fourth-order valence-corrected chi connectivity index (χ4v) is 2.59. The van der Waals surface area contributed by atoms with Crippen molar-refractivity contribution >= 4 is 29.7 Å². The average Bonchev–Trinajstić information content (AvgIpc) is 3.02. The summed E-state index contributed by atoms with van der Waals surface area (Å²) in [6.07, 6.45) is 2.73. The monoisotopic (exact) mass is 402 g/mol. The van der Waals surface area contributed by atoms with Crippen molar-refractivity contribution in [2.45, 2.75) is 13.8 Å². The second-order valence-corrected chi connectivity index (χ2v) is 5.75. The number of anilines is 1. The number of methoxy groups -OCH3 is 2. The zero-order valence-corrected chi connectivity index (χ0v) is 16.5. The molecule has 0 saturated heterocycles. The summed E-state index contributed by atoms with van der Waals surface area (Å²) < 4.78 is 20.7. The molecule has 1 heterocycles. The van der Waals surface area contributed by atoms with Gasteiger partial charge in [0.2, 0.25) is 5.88 Å². The molecule has 0 radical (unpaired) electrons. The number of nitrogens with two attached hydrogens (primary N) is 1. The van der Waals surface area contributed by atoms with Crippen LogP contribution in [-0.2, 0) is 9.53 Å². The number of esters is 1. The van der Waals surface area contributed by atoms with E-state index in [9.17, 15) is 14.4 Å². The van der Waals surface area contributed by atoms with Crippen molar-refractivity contribution in [3.8, 4) is 11.5 Å². The summed E-state index contributed by atoms with van der Waals surface area (Å²) in [5.74, 6) is -1.31. The van der Waals surface area contributed by atoms with Crippen molar-refractivity contribution in [2.24, 2.45) is 5.73 Å². The maximum atomic E-state index is 12.3. The standard InChI is InChI=1S/C20H22N2O7/c1-5-28-20(25)16-11(2)29-19(17(16)18(21)24)22-15(23)9-7-12-6-8-13(26-3)10-14(12)27-4/h6-10H,5H2,1-4H3,(H2,21,24)(H,22,23)/b9-7+. The van der Waals surface area contributed by atoms with Gasteiger partial charge < -0.3 is 24.4 Å². The minimum Gasteiger partial charge on any atom is -0.497 e. The molecule has 1 aromatic carbocycles. The van der Waals surface area contributed by atoms with Gasteiger partial charge in [0, 0.05) is 17.7 Å². The Labute approximate surface area is 167 Å². The number of carbonyl (C=O) groups is 3. The number of ether oxygens (including phenoxy) is 3. The Balaban J connectivity index is 2.27. The number of primary amides is 1. The third-order valence-electron chi connectivity index (χ3n) is 3.90. The van der Waals surface area contributed by atoms with Crippen LogP contribution in [0.3, 0.4) is 0 Å². The molecular weight excluding hydrogens is 380 g/mol. The number of amides is 2. The predicted molar refractivity (Wildman–Crippen MR) is 105 cm³/mol. The van der Waals surface area contributed by atoms with Crippen LogP contribution in [0, 0.1) is 6.92 Å². The lowest BCUT2D eigenvalue weighted by Gasteiger charge is -2.07. The molecule has 0 fully saturated rings. The Morgan fingerprint density at radius 3 is 2.48 bits per heavy atom. The van der Waals surface area contributed by atoms with E-state index in [1.165, 1.54) is 33.3 Å². The van der Waals surface area contributed by atoms with Gasteiger partial charge >= 0.3 is 5.97 Å². The molecule has 3 N–H and O–H groups in total. The van der Waals surface area contributed by atoms with E-state index < -0.39 is 17.8 Å². The van der Waals surface area contributed by atoms with Crippen LogP contribution in [-0.4, -0.2) is 38.6 Å². The van der Waals surface area contributed by atoms with E-state index in [4.69, 9.17) is 24.4 Å². The molecule has 0 bridgehead atoms. The molecule has 0 saturated carbocycles. The Kier molecular flexibility index (Phi) is 7.02. The van der Waals surface area contributed by atoms with Crippen LogP contribution >= 0.6 is 0 Å². The molecule has 0 aliphatic heterocycles. The summed E-state index contributed by atoms with van der Waals surface area (Å²) in [5.41, 5.74) is 5.63. The molecule has 29 heavy (non-hydrogen) atoms. The van der Waals surface area contributed by atoms with Crippen molar-refractivity contribution in [3.63, 3.8) is 0 Å². The summed E-state index contributed by atoms with van der Waals surface area (Å²) in [6, 6.07) is 5.10. The highest BCUT2D eigenvalue weighted by Crippen LogP contribution is 2.28. The minimum absolute atomic E-state index is 0.105. The normalized spacial score (nSPS) is 10.6. The summed E-state index contributed by atoms with van der Waals surface area (Å²) in [6.45, 7) is 3.19. The molecule has 0 atom stereocenters. The molecule has 0 unspecified atom stereocenters. The molecule has 1 aromatic heterocycles. The van der Waals surface area contributed by atoms with Crippen molar-refractivity contribution < 1.29 is 33.0 Å². The fraction of sp³-hybridized carbons (Fsp3) is 0.250. The lowest BCUT2D eigenvalue weighted by molar-refractivity contribution is -0.111. The van der Waals surface area contributed by atoms with Gasteiger partial charge in [-0.3, -0.25) is 14.9 Å². The van der Waals surface area contributed by atoms with Gasteiger partial charge in [0.15, 0.2) is 0 Å². The van der Waals surface area contributed by atoms with Gasteiger partial charge in [-0.25, -0.2) is 4.79 Å². The molecule has 154 valence electrons. The smallest absolute Gasteiger partial charge is 0.342 e. The van der Waals surface area contributed by atoms with Gasteiger partial charge in [-0.2, -0.15) is 0 Å². The summed E-state index contributed by atoms with van der Waals surface area (Å²) in [5, 5.41) is 2.41. The molecule has 0 spiro atoms. The molecular formula is C20H22N2O7. The van der Waals surface area contributed by atoms with Gasteiger partial charge in [0.05, 0.1) is 20.8 Å². The number of carbonyl (C=O) groups excluding carboxylic acids is 3. The van der Waals surface area contributed by atoms with E-state index in [-0.39, 0.29) is 29.4 Å². The van der Waals surface area contributed by atoms with E-state index in [2.05, 4.69) is 5.32 Å². The van der Waals surface area contributed by atoms with E-state index in [0.29, 0.717) is 17.1 Å². The Morgan fingerprint density at radius 2 is 1.90 bits per heavy atom. The summed E-state index contributed by atoms with van der Waals surface area (Å²) >= 11 is 0. The van der Waals surface area contributed by atoms with Crippen molar-refractivity contribution in [1.29, 1.82) is 0 Å². The highest BCUT2D eigenvalue weighted by atomic mass is 16.5. The molecule has 9 nitrogen and oxygen atoms in total. The number of benzene rings is 1. The SMILES string of the molecule is CCOC(=O)c1c(C)oc(NC(=O)/C=C/c2ccc(OC)cc2OC)c1C(N)=O. The Morgan fingerprint density at radius 1 is 1.17 bits per heavy atom. The zero-order chi connectivity index (χ0) is 21.6. The molecule has 0 aliphatic carbocycles. The van der Waals surface area contributed by atoms with Gasteiger partial charge in [0.1, 0.15) is 28.4 Å². The average molecular weight is 402 g/mol. The number of furan rings is 1. The maximum absolute atomic E-state index is 12.3. The van der Waals surface area contributed by atoms with Crippen LogP contribution in [0.5, 0.6) is 11.5 Å². The molecule has 2 rings (SSSR count). The first-order chi connectivity index (χ1) is 13.8. The highest BCUT2D eigenvalue weighted by molar-refractivity contribution is 6.12. The number of hydrogen-bond donors (Lipinski definition) is 2. The lowest BCUT2D eigenvalue weighted by atomic mass is 10.1. The molecule has 0 aliphatic rings. The van der Waals surface area contributed by atoms with Crippen LogP contribution in [0.15, 0.2) is 28.7 Å². The second-order valence-electron chi connectivity index (χ2n) is 5.75. The van der Waals surface area contributed by atoms with Crippen molar-refractivity contribution in [2.75, 3.05) is 26.1 Å². The van der Waals surface area contributed by atoms with Crippen molar-refractivity contribution in [3.05, 3.63) is 46.7 Å². The van der Waals surface area contributed by atoms with Gasteiger partial charge in [-0.15, -0.1) is 0 Å². The number of hydrogen-bond acceptors (Lipinski definition) is 7. The lowest BCUT2D eigenvalue weighted by Crippen LogP contribution is -2.19. The minimum atomic E-state index is -0.930. The first-order valence-electron chi connectivity index (χ1n) is 8.63. The third-order valence-corrected chi connectivity index (χ3v) is 3.90. The van der Waals surface area contributed by atoms with Crippen LogP contribution in [0.1, 0.15) is 39.0 Å². The zero-order valence-electron chi connectivity index (χ0n) is 16.5. The number of nitrogens with one attached hydrogen (secondary N) is 1. The van der Waals surface area contributed by atoms with E-state index in [1.807, 2.05) is 0 Å². The number of rotatable bonds is 8. The van der Waals surface area contributed by atoms with Gasteiger partial charge in [-0.1, -0.05) is 0 Å². The summed E-state index contributed by atoms with van der Waals surface area (Å²) in [4.78, 5) is 36.2. The summed E-state index contributed by atoms with van der Waals surface area (Å²) in [7, 11) is 3.03. The van der Waals surface area contributed by atoms with Crippen LogP contribution in [0.25, 0.3) is 6.08 Å². The van der Waals surface area contributed by atoms with Crippen molar-refractivity contribution in [1.82, 2.24) is 0 Å². The predicted octanol–water partition coefficient (Wildman–Crippen LogP) is 2.53. The van der Waals surface area contributed by atoms with Gasteiger partial charge in [0.25, 0.3) is 11.8 Å². The van der Waals surface area contributed by atoms with E-state index in [1.54, 1.807) is 25.1 Å². The molecule has 9 heteroatoms. The first kappa shape index (κ1) is 21.5. The first-order valence-corrected chi connectivity index (χ1v) is 8.63. The van der Waals surface area contributed by atoms with Crippen LogP contribution in [0.4, 0.5) is 5.88 Å². The largest absolute Gasteiger partial charge is 0.497 e. The van der Waals surface area contributed by atoms with E-state index >= 15 is 0 Å². The Bertz CT molecular complexity index is 960. The second kappa shape index (κ2) is 9.45. The van der Waals surface area contributed by atoms with Crippen LogP contribution in [0.2, 0.25) is 0 Å². The number of aryl methyl sites for hydroxylation is 1. The highest BCUT2D eigenvalue weighted by Gasteiger charge is 2.28. The molecule has 2 aromatic rings.